The Labute approximate surface area is 116 Å². The molecule has 1 aliphatic heterocycles. The molecule has 5 heteroatoms. The number of hydrogen-bond donors (Lipinski definition) is 0. The maximum Gasteiger partial charge on any atom is 0.234 e. The number of nitrogens with zero attached hydrogens (tertiary/aromatic N) is 2. The Morgan fingerprint density at radius 3 is 2.37 bits per heavy atom. The number of carbonyl (C=O) groups is 2. The fourth-order valence-corrected chi connectivity index (χ4v) is 2.40. The first kappa shape index (κ1) is 13.6. The van der Waals surface area contributed by atoms with Crippen molar-refractivity contribution in [1.82, 2.24) is 0 Å². The number of halogens is 1. The van der Waals surface area contributed by atoms with E-state index in [-0.39, 0.29) is 30.1 Å². The molecule has 0 radical (unpaired) electrons. The minimum absolute atomic E-state index is 0.279. The van der Waals surface area contributed by atoms with Crippen LogP contribution >= 0.6 is 11.6 Å². The van der Waals surface area contributed by atoms with Gasteiger partial charge in [-0.05, 0) is 23.6 Å². The molecule has 0 spiro atoms. The molecule has 0 aliphatic carbocycles. The van der Waals surface area contributed by atoms with Crippen LogP contribution in [0.25, 0.3) is 0 Å². The van der Waals surface area contributed by atoms with Gasteiger partial charge in [-0.2, -0.15) is 5.26 Å². The minimum Gasteiger partial charge on any atom is -0.274 e. The molecule has 0 atom stereocenters. The normalized spacial score (nSPS) is 18.3. The van der Waals surface area contributed by atoms with Crippen molar-refractivity contribution in [1.29, 1.82) is 5.26 Å². The Bertz CT molecular complexity index is 582. The highest BCUT2D eigenvalue weighted by atomic mass is 35.5. The van der Waals surface area contributed by atoms with Gasteiger partial charge in [0, 0.05) is 12.8 Å². The second-order valence-electron chi connectivity index (χ2n) is 5.42. The predicted octanol–water partition coefficient (Wildman–Crippen LogP) is 2.89. The van der Waals surface area contributed by atoms with Crippen LogP contribution < -0.4 is 4.90 Å². The van der Waals surface area contributed by atoms with Crippen LogP contribution in [0.2, 0.25) is 5.02 Å². The van der Waals surface area contributed by atoms with Gasteiger partial charge in [0.2, 0.25) is 11.8 Å². The van der Waals surface area contributed by atoms with E-state index in [4.69, 9.17) is 16.9 Å². The van der Waals surface area contributed by atoms with Crippen molar-refractivity contribution in [3.63, 3.8) is 0 Å². The van der Waals surface area contributed by atoms with Crippen LogP contribution in [0.3, 0.4) is 0 Å². The lowest BCUT2D eigenvalue weighted by atomic mass is 9.81. The van der Waals surface area contributed by atoms with E-state index < -0.39 is 0 Å². The maximum absolute atomic E-state index is 12.1. The third-order valence-corrected chi connectivity index (χ3v) is 3.39. The van der Waals surface area contributed by atoms with Gasteiger partial charge in [-0.25, -0.2) is 4.90 Å². The van der Waals surface area contributed by atoms with E-state index in [0.717, 1.165) is 4.90 Å². The number of imide groups is 1. The molecular formula is C14H13ClN2O2. The predicted molar refractivity (Wildman–Crippen MR) is 71.7 cm³/mol. The third-order valence-electron chi connectivity index (χ3n) is 3.07. The molecule has 98 valence electrons. The number of piperidine rings is 1. The molecular weight excluding hydrogens is 264 g/mol. The summed E-state index contributed by atoms with van der Waals surface area (Å²) in [6.45, 7) is 3.76. The lowest BCUT2D eigenvalue weighted by Gasteiger charge is -2.35. The number of nitriles is 1. The molecule has 2 rings (SSSR count). The second kappa shape index (κ2) is 4.67. The van der Waals surface area contributed by atoms with E-state index >= 15 is 0 Å². The molecule has 1 aromatic rings. The summed E-state index contributed by atoms with van der Waals surface area (Å²) in [6, 6.07) is 6.51. The molecule has 0 saturated carbocycles. The van der Waals surface area contributed by atoms with Crippen molar-refractivity contribution in [2.45, 2.75) is 26.7 Å². The average Bonchev–Trinajstić information content (AvgIpc) is 2.29. The second-order valence-corrected chi connectivity index (χ2v) is 5.83. The lowest BCUT2D eigenvalue weighted by Crippen LogP contribution is -2.46. The van der Waals surface area contributed by atoms with E-state index in [1.165, 1.54) is 12.1 Å². The molecule has 0 aromatic heterocycles. The van der Waals surface area contributed by atoms with Crippen molar-refractivity contribution >= 4 is 29.1 Å². The largest absolute Gasteiger partial charge is 0.274 e. The van der Waals surface area contributed by atoms with Crippen molar-refractivity contribution in [3.8, 4) is 6.07 Å². The lowest BCUT2D eigenvalue weighted by molar-refractivity contribution is -0.132. The fraction of sp³-hybridized carbons (Fsp3) is 0.357. The van der Waals surface area contributed by atoms with Gasteiger partial charge in [-0.1, -0.05) is 25.4 Å². The highest BCUT2D eigenvalue weighted by molar-refractivity contribution is 6.35. The standard InChI is InChI=1S/C14H13ClN2O2/c1-14(2)6-12(18)17(13(19)7-14)11-5-9(8-16)3-4-10(11)15/h3-5H,6-7H2,1-2H3. The van der Waals surface area contributed by atoms with Gasteiger partial charge in [-0.15, -0.1) is 0 Å². The maximum atomic E-state index is 12.1. The highest BCUT2D eigenvalue weighted by Crippen LogP contribution is 2.36. The average molecular weight is 277 g/mol. The molecule has 19 heavy (non-hydrogen) atoms. The number of carbonyl (C=O) groups excluding carboxylic acids is 2. The molecule has 1 saturated heterocycles. The summed E-state index contributed by atoms with van der Waals surface area (Å²) in [5, 5.41) is 9.18. The van der Waals surface area contributed by atoms with Crippen LogP contribution in [0, 0.1) is 16.7 Å². The van der Waals surface area contributed by atoms with E-state index in [2.05, 4.69) is 0 Å². The van der Waals surface area contributed by atoms with Crippen LogP contribution in [-0.2, 0) is 9.59 Å². The van der Waals surface area contributed by atoms with Crippen LogP contribution in [0.4, 0.5) is 5.69 Å². The fourth-order valence-electron chi connectivity index (χ4n) is 2.20. The number of rotatable bonds is 1. The van der Waals surface area contributed by atoms with Crippen LogP contribution in [-0.4, -0.2) is 11.8 Å². The summed E-state index contributed by atoms with van der Waals surface area (Å²) in [6.07, 6.45) is 0.567. The van der Waals surface area contributed by atoms with Gasteiger partial charge < -0.3 is 0 Å². The molecule has 0 unspecified atom stereocenters. The topological polar surface area (TPSA) is 61.2 Å². The first-order valence-electron chi connectivity index (χ1n) is 5.89. The molecule has 4 nitrogen and oxygen atoms in total. The highest BCUT2D eigenvalue weighted by Gasteiger charge is 2.38. The summed E-state index contributed by atoms with van der Waals surface area (Å²) >= 11 is 6.03. The molecule has 1 fully saturated rings. The summed E-state index contributed by atoms with van der Waals surface area (Å²) in [5.74, 6) is -0.559. The number of benzene rings is 1. The first-order valence-corrected chi connectivity index (χ1v) is 6.27. The quantitative estimate of drug-likeness (QED) is 0.741. The summed E-state index contributed by atoms with van der Waals surface area (Å²) in [7, 11) is 0. The zero-order valence-corrected chi connectivity index (χ0v) is 11.5. The number of amides is 2. The molecule has 1 heterocycles. The van der Waals surface area contributed by atoms with Crippen molar-refractivity contribution < 1.29 is 9.59 Å². The minimum atomic E-state index is -0.329. The zero-order chi connectivity index (χ0) is 14.2. The van der Waals surface area contributed by atoms with Gasteiger partial charge in [0.15, 0.2) is 0 Å². The smallest absolute Gasteiger partial charge is 0.234 e. The van der Waals surface area contributed by atoms with Crippen LogP contribution in [0.15, 0.2) is 18.2 Å². The Morgan fingerprint density at radius 2 is 1.84 bits per heavy atom. The molecule has 0 N–H and O–H groups in total. The molecule has 2 amide bonds. The van der Waals surface area contributed by atoms with E-state index in [9.17, 15) is 9.59 Å². The third kappa shape index (κ3) is 2.61. The van der Waals surface area contributed by atoms with Crippen LogP contribution in [0.5, 0.6) is 0 Å². The SMILES string of the molecule is CC1(C)CC(=O)N(c2cc(C#N)ccc2Cl)C(=O)C1. The van der Waals surface area contributed by atoms with Gasteiger partial charge >= 0.3 is 0 Å². The monoisotopic (exact) mass is 276 g/mol. The van der Waals surface area contributed by atoms with E-state index in [0.29, 0.717) is 16.3 Å². The van der Waals surface area contributed by atoms with E-state index in [1.54, 1.807) is 6.07 Å². The number of hydrogen-bond acceptors (Lipinski definition) is 3. The van der Waals surface area contributed by atoms with E-state index in [1.807, 2.05) is 19.9 Å². The number of anilines is 1. The Morgan fingerprint density at radius 1 is 1.26 bits per heavy atom. The van der Waals surface area contributed by atoms with Gasteiger partial charge in [0.25, 0.3) is 0 Å². The zero-order valence-electron chi connectivity index (χ0n) is 10.7. The molecule has 1 aromatic carbocycles. The first-order chi connectivity index (χ1) is 8.84. The Hall–Kier alpha value is -1.86. The summed E-state index contributed by atoms with van der Waals surface area (Å²) in [4.78, 5) is 25.4. The summed E-state index contributed by atoms with van der Waals surface area (Å²) < 4.78 is 0. The van der Waals surface area contributed by atoms with Crippen molar-refractivity contribution in [3.05, 3.63) is 28.8 Å². The summed E-state index contributed by atoms with van der Waals surface area (Å²) in [5.41, 5.74) is 0.334. The van der Waals surface area contributed by atoms with Crippen LogP contribution in [0.1, 0.15) is 32.3 Å². The van der Waals surface area contributed by atoms with Gasteiger partial charge in [0.05, 0.1) is 22.3 Å². The Kier molecular flexibility index (Phi) is 3.34. The van der Waals surface area contributed by atoms with Crippen molar-refractivity contribution in [2.24, 2.45) is 5.41 Å². The molecule has 0 bridgehead atoms. The van der Waals surface area contributed by atoms with Gasteiger partial charge in [0.1, 0.15) is 0 Å². The Balaban J connectivity index is 2.45. The van der Waals surface area contributed by atoms with Gasteiger partial charge in [-0.3, -0.25) is 9.59 Å². The molecule has 1 aliphatic rings. The van der Waals surface area contributed by atoms with Crippen molar-refractivity contribution in [2.75, 3.05) is 4.90 Å².